The standard InChI is InChI=1S/C15H13FN2/c1-2-11-3-5-12(6-4-11)14-10-18-9-13(16)7-8-15(18)17-14/h3-10H,2H2,1H3. The Morgan fingerprint density at radius 3 is 2.56 bits per heavy atom. The summed E-state index contributed by atoms with van der Waals surface area (Å²) >= 11 is 0. The minimum absolute atomic E-state index is 0.257. The molecule has 90 valence electrons. The second kappa shape index (κ2) is 4.26. The van der Waals surface area contributed by atoms with Crippen LogP contribution in [0.2, 0.25) is 0 Å². The normalized spacial score (nSPS) is 11.0. The maximum atomic E-state index is 13.1. The Morgan fingerprint density at radius 1 is 1.06 bits per heavy atom. The number of imidazole rings is 1. The topological polar surface area (TPSA) is 17.3 Å². The lowest BCUT2D eigenvalue weighted by atomic mass is 10.1. The van der Waals surface area contributed by atoms with Gasteiger partial charge < -0.3 is 4.40 Å². The summed E-state index contributed by atoms with van der Waals surface area (Å²) in [6.45, 7) is 2.13. The van der Waals surface area contributed by atoms with Gasteiger partial charge in [-0.15, -0.1) is 0 Å². The van der Waals surface area contributed by atoms with Crippen molar-refractivity contribution in [1.29, 1.82) is 0 Å². The fourth-order valence-electron chi connectivity index (χ4n) is 2.01. The second-order valence-corrected chi connectivity index (χ2v) is 4.29. The number of fused-ring (bicyclic) bond motifs is 1. The monoisotopic (exact) mass is 240 g/mol. The van der Waals surface area contributed by atoms with Crippen LogP contribution in [-0.4, -0.2) is 9.38 Å². The van der Waals surface area contributed by atoms with Gasteiger partial charge in [0.1, 0.15) is 11.5 Å². The molecule has 0 saturated carbocycles. The van der Waals surface area contributed by atoms with Crippen molar-refractivity contribution in [3.8, 4) is 11.3 Å². The minimum Gasteiger partial charge on any atom is -0.304 e. The van der Waals surface area contributed by atoms with Crippen LogP contribution in [-0.2, 0) is 6.42 Å². The number of pyridine rings is 1. The van der Waals surface area contributed by atoms with E-state index in [0.717, 1.165) is 23.3 Å². The molecule has 0 saturated heterocycles. The molecule has 2 nitrogen and oxygen atoms in total. The molecule has 2 heterocycles. The van der Waals surface area contributed by atoms with E-state index in [4.69, 9.17) is 0 Å². The van der Waals surface area contributed by atoms with E-state index in [0.29, 0.717) is 0 Å². The fourth-order valence-corrected chi connectivity index (χ4v) is 2.01. The van der Waals surface area contributed by atoms with Gasteiger partial charge >= 0.3 is 0 Å². The third-order valence-corrected chi connectivity index (χ3v) is 3.07. The number of hydrogen-bond donors (Lipinski definition) is 0. The van der Waals surface area contributed by atoms with Gasteiger partial charge in [0.2, 0.25) is 0 Å². The highest BCUT2D eigenvalue weighted by molar-refractivity contribution is 5.62. The van der Waals surface area contributed by atoms with E-state index in [1.54, 1.807) is 10.5 Å². The van der Waals surface area contributed by atoms with Gasteiger partial charge in [-0.1, -0.05) is 31.2 Å². The van der Waals surface area contributed by atoms with E-state index in [-0.39, 0.29) is 5.82 Å². The van der Waals surface area contributed by atoms with Gasteiger partial charge in [0.15, 0.2) is 0 Å². The van der Waals surface area contributed by atoms with Gasteiger partial charge in [-0.3, -0.25) is 0 Å². The number of benzene rings is 1. The summed E-state index contributed by atoms with van der Waals surface area (Å²) in [5, 5.41) is 0. The molecule has 2 aromatic heterocycles. The number of hydrogen-bond acceptors (Lipinski definition) is 1. The molecule has 3 aromatic rings. The molecule has 0 unspecified atom stereocenters. The third kappa shape index (κ3) is 1.88. The van der Waals surface area contributed by atoms with Gasteiger partial charge in [-0.2, -0.15) is 0 Å². The predicted molar refractivity (Wildman–Crippen MR) is 70.0 cm³/mol. The molecule has 0 fully saturated rings. The molecule has 0 aliphatic carbocycles. The molecule has 0 atom stereocenters. The van der Waals surface area contributed by atoms with Crippen molar-refractivity contribution in [3.05, 3.63) is 60.2 Å². The maximum absolute atomic E-state index is 13.1. The minimum atomic E-state index is -0.257. The Balaban J connectivity index is 2.07. The van der Waals surface area contributed by atoms with Crippen molar-refractivity contribution in [2.24, 2.45) is 0 Å². The highest BCUT2D eigenvalue weighted by atomic mass is 19.1. The highest BCUT2D eigenvalue weighted by Gasteiger charge is 2.04. The average Bonchev–Trinajstić information content (AvgIpc) is 2.81. The van der Waals surface area contributed by atoms with E-state index >= 15 is 0 Å². The van der Waals surface area contributed by atoms with Crippen LogP contribution in [0.1, 0.15) is 12.5 Å². The first kappa shape index (κ1) is 11.0. The van der Waals surface area contributed by atoms with E-state index in [1.165, 1.54) is 17.8 Å². The Bertz CT molecular complexity index is 683. The summed E-state index contributed by atoms with van der Waals surface area (Å²) in [5.41, 5.74) is 3.97. The Labute approximate surface area is 105 Å². The van der Waals surface area contributed by atoms with E-state index in [2.05, 4.69) is 36.2 Å². The lowest BCUT2D eigenvalue weighted by Crippen LogP contribution is -1.83. The largest absolute Gasteiger partial charge is 0.304 e. The first-order valence-corrected chi connectivity index (χ1v) is 6.00. The molecular formula is C15H13FN2. The summed E-state index contributed by atoms with van der Waals surface area (Å²) in [5.74, 6) is -0.257. The van der Waals surface area contributed by atoms with Crippen LogP contribution in [0.25, 0.3) is 16.9 Å². The maximum Gasteiger partial charge on any atom is 0.139 e. The number of halogens is 1. The number of nitrogens with zero attached hydrogens (tertiary/aromatic N) is 2. The molecule has 0 aliphatic rings. The molecule has 3 heteroatoms. The fraction of sp³-hybridized carbons (Fsp3) is 0.133. The van der Waals surface area contributed by atoms with Crippen molar-refractivity contribution in [2.45, 2.75) is 13.3 Å². The van der Waals surface area contributed by atoms with Crippen LogP contribution in [0.3, 0.4) is 0 Å². The lowest BCUT2D eigenvalue weighted by molar-refractivity contribution is 0.619. The molecule has 0 aliphatic heterocycles. The molecule has 3 rings (SSSR count). The zero-order chi connectivity index (χ0) is 12.5. The first-order chi connectivity index (χ1) is 8.76. The highest BCUT2D eigenvalue weighted by Crippen LogP contribution is 2.20. The van der Waals surface area contributed by atoms with Crippen LogP contribution < -0.4 is 0 Å². The zero-order valence-electron chi connectivity index (χ0n) is 10.1. The van der Waals surface area contributed by atoms with Gasteiger partial charge in [0, 0.05) is 18.0 Å². The quantitative estimate of drug-likeness (QED) is 0.667. The van der Waals surface area contributed by atoms with Crippen molar-refractivity contribution < 1.29 is 4.39 Å². The molecule has 18 heavy (non-hydrogen) atoms. The Morgan fingerprint density at radius 2 is 1.83 bits per heavy atom. The lowest BCUT2D eigenvalue weighted by Gasteiger charge is -1.98. The first-order valence-electron chi connectivity index (χ1n) is 6.00. The zero-order valence-corrected chi connectivity index (χ0v) is 10.1. The third-order valence-electron chi connectivity index (χ3n) is 3.07. The summed E-state index contributed by atoms with van der Waals surface area (Å²) < 4.78 is 14.8. The Hall–Kier alpha value is -2.16. The summed E-state index contributed by atoms with van der Waals surface area (Å²) in [7, 11) is 0. The van der Waals surface area contributed by atoms with Crippen LogP contribution in [0.15, 0.2) is 48.8 Å². The van der Waals surface area contributed by atoms with Crippen molar-refractivity contribution >= 4 is 5.65 Å². The SMILES string of the molecule is CCc1ccc(-c2cn3cc(F)ccc3n2)cc1. The molecule has 0 radical (unpaired) electrons. The van der Waals surface area contributed by atoms with E-state index in [9.17, 15) is 4.39 Å². The van der Waals surface area contributed by atoms with Crippen LogP contribution in [0, 0.1) is 5.82 Å². The molecular weight excluding hydrogens is 227 g/mol. The summed E-state index contributed by atoms with van der Waals surface area (Å²) in [4.78, 5) is 4.48. The second-order valence-electron chi connectivity index (χ2n) is 4.29. The van der Waals surface area contributed by atoms with E-state index in [1.807, 2.05) is 6.20 Å². The van der Waals surface area contributed by atoms with Gasteiger partial charge in [0.05, 0.1) is 5.69 Å². The van der Waals surface area contributed by atoms with Crippen molar-refractivity contribution in [1.82, 2.24) is 9.38 Å². The van der Waals surface area contributed by atoms with Crippen LogP contribution >= 0.6 is 0 Å². The Kier molecular flexibility index (Phi) is 2.59. The molecule has 0 amide bonds. The van der Waals surface area contributed by atoms with Crippen LogP contribution in [0.4, 0.5) is 4.39 Å². The van der Waals surface area contributed by atoms with Gasteiger partial charge in [0.25, 0.3) is 0 Å². The molecule has 0 N–H and O–H groups in total. The predicted octanol–water partition coefficient (Wildman–Crippen LogP) is 3.70. The number of aromatic nitrogens is 2. The number of rotatable bonds is 2. The molecule has 0 spiro atoms. The molecule has 0 bridgehead atoms. The summed E-state index contributed by atoms with van der Waals surface area (Å²) in [6, 6.07) is 11.4. The summed E-state index contributed by atoms with van der Waals surface area (Å²) in [6.07, 6.45) is 4.31. The van der Waals surface area contributed by atoms with Gasteiger partial charge in [-0.25, -0.2) is 9.37 Å². The number of aryl methyl sites for hydroxylation is 1. The van der Waals surface area contributed by atoms with Crippen LogP contribution in [0.5, 0.6) is 0 Å². The van der Waals surface area contributed by atoms with Crippen molar-refractivity contribution in [3.63, 3.8) is 0 Å². The molecule has 1 aromatic carbocycles. The van der Waals surface area contributed by atoms with Gasteiger partial charge in [-0.05, 0) is 24.1 Å². The average molecular weight is 240 g/mol. The smallest absolute Gasteiger partial charge is 0.139 e. The van der Waals surface area contributed by atoms with E-state index < -0.39 is 0 Å². The van der Waals surface area contributed by atoms with Crippen molar-refractivity contribution in [2.75, 3.05) is 0 Å².